The summed E-state index contributed by atoms with van der Waals surface area (Å²) in [6, 6.07) is 5.19. The maximum Gasteiger partial charge on any atom is 0.128 e. The highest BCUT2D eigenvalue weighted by Crippen LogP contribution is 2.15. The number of halogens is 2. The lowest BCUT2D eigenvalue weighted by Crippen LogP contribution is -2.33. The first kappa shape index (κ1) is 13.6. The van der Waals surface area contributed by atoms with E-state index in [0.29, 0.717) is 12.1 Å². The van der Waals surface area contributed by atoms with Crippen molar-refractivity contribution < 1.29 is 9.50 Å². The number of benzene rings is 1. The van der Waals surface area contributed by atoms with E-state index in [4.69, 9.17) is 5.11 Å². The van der Waals surface area contributed by atoms with E-state index in [1.54, 1.807) is 6.07 Å². The quantitative estimate of drug-likeness (QED) is 0.874. The van der Waals surface area contributed by atoms with Gasteiger partial charge in [-0.2, -0.15) is 0 Å². The summed E-state index contributed by atoms with van der Waals surface area (Å²) in [5.74, 6) is -0.0516. The Balaban J connectivity index is 2.54. The first-order chi connectivity index (χ1) is 7.54. The number of aliphatic hydroxyl groups is 1. The third-order valence-electron chi connectivity index (χ3n) is 2.77. The number of hydrogen-bond donors (Lipinski definition) is 2. The van der Waals surface area contributed by atoms with Crippen LogP contribution in [0.15, 0.2) is 22.7 Å². The molecule has 0 aromatic heterocycles. The van der Waals surface area contributed by atoms with Gasteiger partial charge in [0.25, 0.3) is 0 Å². The Kier molecular flexibility index (Phi) is 5.38. The van der Waals surface area contributed by atoms with Crippen LogP contribution in [0, 0.1) is 11.7 Å². The van der Waals surface area contributed by atoms with Crippen LogP contribution in [-0.4, -0.2) is 17.8 Å². The molecule has 0 radical (unpaired) electrons. The van der Waals surface area contributed by atoms with Crippen molar-refractivity contribution in [3.8, 4) is 0 Å². The first-order valence-electron chi connectivity index (χ1n) is 5.32. The average Bonchev–Trinajstić information content (AvgIpc) is 2.26. The molecule has 0 saturated carbocycles. The van der Waals surface area contributed by atoms with Crippen LogP contribution in [0.1, 0.15) is 19.4 Å². The third kappa shape index (κ3) is 3.85. The fraction of sp³-hybridized carbons (Fsp3) is 0.500. The summed E-state index contributed by atoms with van der Waals surface area (Å²) in [7, 11) is 0. The van der Waals surface area contributed by atoms with Crippen LogP contribution in [0.2, 0.25) is 0 Å². The van der Waals surface area contributed by atoms with Gasteiger partial charge in [0.15, 0.2) is 0 Å². The molecule has 1 aromatic rings. The molecule has 0 aliphatic carbocycles. The molecule has 1 aromatic carbocycles. The second-order valence-corrected chi connectivity index (χ2v) is 4.98. The van der Waals surface area contributed by atoms with E-state index in [9.17, 15) is 4.39 Å². The molecule has 2 atom stereocenters. The van der Waals surface area contributed by atoms with Crippen LogP contribution >= 0.6 is 15.9 Å². The highest BCUT2D eigenvalue weighted by molar-refractivity contribution is 9.10. The van der Waals surface area contributed by atoms with Crippen LogP contribution < -0.4 is 5.32 Å². The zero-order chi connectivity index (χ0) is 12.1. The normalized spacial score (nSPS) is 14.8. The van der Waals surface area contributed by atoms with E-state index < -0.39 is 0 Å². The lowest BCUT2D eigenvalue weighted by Gasteiger charge is -2.19. The molecule has 0 bridgehead atoms. The van der Waals surface area contributed by atoms with Crippen molar-refractivity contribution >= 4 is 15.9 Å². The summed E-state index contributed by atoms with van der Waals surface area (Å²) in [4.78, 5) is 0. The zero-order valence-electron chi connectivity index (χ0n) is 9.50. The number of nitrogens with one attached hydrogen (secondary N) is 1. The Labute approximate surface area is 104 Å². The summed E-state index contributed by atoms with van der Waals surface area (Å²) in [5, 5.41) is 12.2. The average molecular weight is 290 g/mol. The van der Waals surface area contributed by atoms with Crippen LogP contribution in [0.25, 0.3) is 0 Å². The fourth-order valence-electron chi connectivity index (χ4n) is 1.30. The van der Waals surface area contributed by atoms with Crippen LogP contribution in [0.4, 0.5) is 4.39 Å². The van der Waals surface area contributed by atoms with E-state index in [1.165, 1.54) is 6.07 Å². The van der Waals surface area contributed by atoms with E-state index in [0.717, 1.165) is 4.47 Å². The molecule has 1 rings (SSSR count). The zero-order valence-corrected chi connectivity index (χ0v) is 11.1. The molecule has 0 spiro atoms. The molecule has 0 amide bonds. The lowest BCUT2D eigenvalue weighted by molar-refractivity contribution is 0.207. The van der Waals surface area contributed by atoms with E-state index in [2.05, 4.69) is 21.2 Å². The number of aliphatic hydroxyl groups excluding tert-OH is 1. The third-order valence-corrected chi connectivity index (χ3v) is 3.26. The Morgan fingerprint density at radius 1 is 1.44 bits per heavy atom. The summed E-state index contributed by atoms with van der Waals surface area (Å²) >= 11 is 3.22. The van der Waals surface area contributed by atoms with E-state index in [1.807, 2.05) is 19.9 Å². The maximum absolute atomic E-state index is 13.5. The molecule has 2 unspecified atom stereocenters. The van der Waals surface area contributed by atoms with Gasteiger partial charge in [-0.1, -0.05) is 28.9 Å². The van der Waals surface area contributed by atoms with Gasteiger partial charge in [-0.25, -0.2) is 4.39 Å². The van der Waals surface area contributed by atoms with E-state index in [-0.39, 0.29) is 24.4 Å². The van der Waals surface area contributed by atoms with Gasteiger partial charge in [0.2, 0.25) is 0 Å². The Hall–Kier alpha value is -0.450. The Morgan fingerprint density at radius 3 is 2.69 bits per heavy atom. The van der Waals surface area contributed by atoms with Gasteiger partial charge in [0, 0.05) is 29.2 Å². The predicted octanol–water partition coefficient (Wildman–Crippen LogP) is 2.69. The largest absolute Gasteiger partial charge is 0.396 e. The highest BCUT2D eigenvalue weighted by atomic mass is 79.9. The van der Waals surface area contributed by atoms with Gasteiger partial charge < -0.3 is 10.4 Å². The monoisotopic (exact) mass is 289 g/mol. The summed E-state index contributed by atoms with van der Waals surface area (Å²) < 4.78 is 14.2. The van der Waals surface area contributed by atoms with Crippen molar-refractivity contribution in [2.75, 3.05) is 6.61 Å². The molecule has 0 aliphatic heterocycles. The van der Waals surface area contributed by atoms with Crippen molar-refractivity contribution in [3.63, 3.8) is 0 Å². The van der Waals surface area contributed by atoms with Crippen molar-refractivity contribution in [1.82, 2.24) is 5.32 Å². The van der Waals surface area contributed by atoms with Crippen molar-refractivity contribution in [1.29, 1.82) is 0 Å². The van der Waals surface area contributed by atoms with Crippen molar-refractivity contribution in [2.24, 2.45) is 5.92 Å². The standard InChI is InChI=1S/C12H17BrFNO/c1-8(7-16)9(2)15-6-10-3-4-11(13)5-12(10)14/h3-5,8-9,15-16H,6-7H2,1-2H3. The molecular weight excluding hydrogens is 273 g/mol. The second kappa shape index (κ2) is 6.33. The van der Waals surface area contributed by atoms with Crippen molar-refractivity contribution in [3.05, 3.63) is 34.1 Å². The predicted molar refractivity (Wildman–Crippen MR) is 66.7 cm³/mol. The first-order valence-corrected chi connectivity index (χ1v) is 6.12. The lowest BCUT2D eigenvalue weighted by atomic mass is 10.0. The molecule has 0 saturated heterocycles. The minimum Gasteiger partial charge on any atom is -0.396 e. The Bertz CT molecular complexity index is 346. The van der Waals surface area contributed by atoms with Crippen LogP contribution in [0.3, 0.4) is 0 Å². The van der Waals surface area contributed by atoms with Gasteiger partial charge in [0.1, 0.15) is 5.82 Å². The molecular formula is C12H17BrFNO. The molecule has 16 heavy (non-hydrogen) atoms. The minimum absolute atomic E-state index is 0.136. The fourth-order valence-corrected chi connectivity index (χ4v) is 1.63. The summed E-state index contributed by atoms with van der Waals surface area (Å²) in [5.41, 5.74) is 0.639. The highest BCUT2D eigenvalue weighted by Gasteiger charge is 2.11. The van der Waals surface area contributed by atoms with Gasteiger partial charge in [-0.15, -0.1) is 0 Å². The molecule has 0 fully saturated rings. The Morgan fingerprint density at radius 2 is 2.12 bits per heavy atom. The molecule has 2 N–H and O–H groups in total. The minimum atomic E-state index is -0.217. The van der Waals surface area contributed by atoms with Gasteiger partial charge in [0.05, 0.1) is 0 Å². The molecule has 2 nitrogen and oxygen atoms in total. The SMILES string of the molecule is CC(CO)C(C)NCc1ccc(Br)cc1F. The summed E-state index contributed by atoms with van der Waals surface area (Å²) in [6.07, 6.45) is 0. The number of rotatable bonds is 5. The topological polar surface area (TPSA) is 32.3 Å². The second-order valence-electron chi connectivity index (χ2n) is 4.07. The molecule has 90 valence electrons. The van der Waals surface area contributed by atoms with E-state index >= 15 is 0 Å². The molecule has 0 aliphatic rings. The van der Waals surface area contributed by atoms with Crippen LogP contribution in [-0.2, 0) is 6.54 Å². The van der Waals surface area contributed by atoms with Gasteiger partial charge in [-0.05, 0) is 25.0 Å². The maximum atomic E-state index is 13.5. The van der Waals surface area contributed by atoms with Gasteiger partial charge in [-0.3, -0.25) is 0 Å². The number of hydrogen-bond acceptors (Lipinski definition) is 2. The van der Waals surface area contributed by atoms with Gasteiger partial charge >= 0.3 is 0 Å². The van der Waals surface area contributed by atoms with Crippen LogP contribution in [0.5, 0.6) is 0 Å². The molecule has 0 heterocycles. The molecule has 4 heteroatoms. The van der Waals surface area contributed by atoms with Crippen molar-refractivity contribution in [2.45, 2.75) is 26.4 Å². The summed E-state index contributed by atoms with van der Waals surface area (Å²) in [6.45, 7) is 4.55. The smallest absolute Gasteiger partial charge is 0.128 e.